The molecule has 0 spiro atoms. The van der Waals surface area contributed by atoms with Crippen LogP contribution in [0.1, 0.15) is 18.4 Å². The highest BCUT2D eigenvalue weighted by Gasteiger charge is 2.37. The van der Waals surface area contributed by atoms with E-state index in [4.69, 9.17) is 0 Å². The van der Waals surface area contributed by atoms with Crippen LogP contribution in [0.2, 0.25) is 0 Å². The molecule has 0 unspecified atom stereocenters. The van der Waals surface area contributed by atoms with Crippen molar-refractivity contribution >= 4 is 15.7 Å². The Hall–Kier alpha value is -1.96. The lowest BCUT2D eigenvalue weighted by molar-refractivity contribution is -0.137. The highest BCUT2D eigenvalue weighted by atomic mass is 32.2. The predicted octanol–water partition coefficient (Wildman–Crippen LogP) is 3.60. The minimum atomic E-state index is -4.58. The summed E-state index contributed by atoms with van der Waals surface area (Å²) in [6.45, 7) is 0. The first-order chi connectivity index (χ1) is 10.3. The molecule has 0 aliphatic heterocycles. The van der Waals surface area contributed by atoms with Gasteiger partial charge in [0.15, 0.2) is 0 Å². The van der Waals surface area contributed by atoms with Crippen LogP contribution in [-0.2, 0) is 16.2 Å². The summed E-state index contributed by atoms with van der Waals surface area (Å²) in [6.07, 6.45) is -0.503. The summed E-state index contributed by atoms with van der Waals surface area (Å²) < 4.78 is 65.6. The molecule has 1 aliphatic carbocycles. The smallest absolute Gasteiger partial charge is 0.367 e. The number of alkyl halides is 3. The maximum atomic E-state index is 13.2. The molecule has 4 nitrogen and oxygen atoms in total. The molecular weight excluding hydrogens is 317 g/mol. The zero-order valence-corrected chi connectivity index (χ0v) is 12.1. The SMILES string of the molecule is O=S(=O)(Nc1ccc(-c2cc[nH]c2)c(C(F)(F)F)c1)C1CC1. The lowest BCUT2D eigenvalue weighted by atomic mass is 10.0. The van der Waals surface area contributed by atoms with Crippen LogP contribution in [0, 0.1) is 0 Å². The number of anilines is 1. The molecule has 1 aliphatic rings. The fourth-order valence-corrected chi connectivity index (χ4v) is 3.59. The zero-order chi connectivity index (χ0) is 16.0. The van der Waals surface area contributed by atoms with E-state index in [1.54, 1.807) is 0 Å². The summed E-state index contributed by atoms with van der Waals surface area (Å²) in [4.78, 5) is 2.70. The summed E-state index contributed by atoms with van der Waals surface area (Å²) in [5, 5.41) is -0.494. The standard InChI is InChI=1S/C14H13F3N2O2S/c15-14(16,17)13-7-10(19-22(20,21)11-2-3-11)1-4-12(13)9-5-6-18-8-9/h1,4-8,11,18-19H,2-3H2. The van der Waals surface area contributed by atoms with Crippen LogP contribution >= 0.6 is 0 Å². The van der Waals surface area contributed by atoms with E-state index in [2.05, 4.69) is 9.71 Å². The Morgan fingerprint density at radius 2 is 1.91 bits per heavy atom. The minimum Gasteiger partial charge on any atom is -0.367 e. The summed E-state index contributed by atoms with van der Waals surface area (Å²) in [7, 11) is -3.59. The van der Waals surface area contributed by atoms with E-state index in [0.29, 0.717) is 18.4 Å². The van der Waals surface area contributed by atoms with Crippen molar-refractivity contribution in [2.75, 3.05) is 4.72 Å². The Bertz CT molecular complexity index is 779. The number of benzene rings is 1. The van der Waals surface area contributed by atoms with Crippen LogP contribution in [0.25, 0.3) is 11.1 Å². The van der Waals surface area contributed by atoms with Crippen molar-refractivity contribution in [3.8, 4) is 11.1 Å². The lowest BCUT2D eigenvalue weighted by Gasteiger charge is -2.15. The Kier molecular flexibility index (Phi) is 3.43. The molecule has 2 aromatic rings. The van der Waals surface area contributed by atoms with E-state index < -0.39 is 27.0 Å². The van der Waals surface area contributed by atoms with Crippen LogP contribution in [0.5, 0.6) is 0 Å². The number of hydrogen-bond acceptors (Lipinski definition) is 2. The molecule has 118 valence electrons. The first kappa shape index (κ1) is 15.0. The monoisotopic (exact) mass is 330 g/mol. The van der Waals surface area contributed by atoms with Crippen LogP contribution in [0.4, 0.5) is 18.9 Å². The first-order valence-electron chi connectivity index (χ1n) is 6.63. The number of rotatable bonds is 4. The molecule has 22 heavy (non-hydrogen) atoms. The number of aromatic amines is 1. The second-order valence-electron chi connectivity index (χ2n) is 5.20. The molecule has 1 saturated carbocycles. The van der Waals surface area contributed by atoms with E-state index >= 15 is 0 Å². The Morgan fingerprint density at radius 3 is 2.45 bits per heavy atom. The van der Waals surface area contributed by atoms with Crippen molar-refractivity contribution in [1.82, 2.24) is 4.98 Å². The fourth-order valence-electron chi connectivity index (χ4n) is 2.21. The minimum absolute atomic E-state index is 0.00289. The van der Waals surface area contributed by atoms with Gasteiger partial charge in [0.25, 0.3) is 0 Å². The van der Waals surface area contributed by atoms with Crippen molar-refractivity contribution in [2.45, 2.75) is 24.3 Å². The summed E-state index contributed by atoms with van der Waals surface area (Å²) in [5.74, 6) is 0. The topological polar surface area (TPSA) is 62.0 Å². The Morgan fingerprint density at radius 1 is 1.18 bits per heavy atom. The average Bonchev–Trinajstić information content (AvgIpc) is 3.15. The van der Waals surface area contributed by atoms with Gasteiger partial charge in [0.05, 0.1) is 10.8 Å². The highest BCUT2D eigenvalue weighted by molar-refractivity contribution is 7.93. The maximum absolute atomic E-state index is 13.2. The molecule has 0 bridgehead atoms. The van der Waals surface area contributed by atoms with Crippen molar-refractivity contribution in [3.05, 3.63) is 42.2 Å². The van der Waals surface area contributed by atoms with E-state index in [-0.39, 0.29) is 11.3 Å². The highest BCUT2D eigenvalue weighted by Crippen LogP contribution is 2.39. The molecule has 3 rings (SSSR count). The maximum Gasteiger partial charge on any atom is 0.417 e. The van der Waals surface area contributed by atoms with Gasteiger partial charge < -0.3 is 4.98 Å². The molecule has 1 heterocycles. The number of H-pyrrole nitrogens is 1. The lowest BCUT2D eigenvalue weighted by Crippen LogP contribution is -2.18. The average molecular weight is 330 g/mol. The van der Waals surface area contributed by atoms with Crippen molar-refractivity contribution in [1.29, 1.82) is 0 Å². The van der Waals surface area contributed by atoms with Gasteiger partial charge in [0.2, 0.25) is 10.0 Å². The quantitative estimate of drug-likeness (QED) is 0.900. The molecular formula is C14H13F3N2O2S. The van der Waals surface area contributed by atoms with Crippen LogP contribution in [-0.4, -0.2) is 18.7 Å². The van der Waals surface area contributed by atoms with Gasteiger partial charge in [-0.25, -0.2) is 8.42 Å². The predicted molar refractivity (Wildman–Crippen MR) is 76.8 cm³/mol. The van der Waals surface area contributed by atoms with Crippen molar-refractivity contribution in [3.63, 3.8) is 0 Å². The van der Waals surface area contributed by atoms with E-state index in [1.165, 1.54) is 30.6 Å². The fraction of sp³-hybridized carbons (Fsp3) is 0.286. The van der Waals surface area contributed by atoms with Crippen LogP contribution < -0.4 is 4.72 Å². The second-order valence-corrected chi connectivity index (χ2v) is 7.17. The van der Waals surface area contributed by atoms with E-state index in [1.807, 2.05) is 0 Å². The number of halogens is 3. The van der Waals surface area contributed by atoms with Gasteiger partial charge in [-0.3, -0.25) is 4.72 Å². The molecule has 8 heteroatoms. The van der Waals surface area contributed by atoms with Crippen molar-refractivity contribution < 1.29 is 21.6 Å². The molecule has 1 fully saturated rings. The number of hydrogen-bond donors (Lipinski definition) is 2. The van der Waals surface area contributed by atoms with Gasteiger partial charge in [-0.2, -0.15) is 13.2 Å². The number of sulfonamides is 1. The summed E-state index contributed by atoms with van der Waals surface area (Å²) >= 11 is 0. The Balaban J connectivity index is 2.01. The zero-order valence-electron chi connectivity index (χ0n) is 11.3. The normalized spacial score (nSPS) is 15.8. The molecule has 1 aromatic carbocycles. The third kappa shape index (κ3) is 2.96. The van der Waals surface area contributed by atoms with E-state index in [9.17, 15) is 21.6 Å². The largest absolute Gasteiger partial charge is 0.417 e. The van der Waals surface area contributed by atoms with Gasteiger partial charge in [0, 0.05) is 18.1 Å². The van der Waals surface area contributed by atoms with Crippen molar-refractivity contribution in [2.24, 2.45) is 0 Å². The molecule has 0 amide bonds. The summed E-state index contributed by atoms with van der Waals surface area (Å²) in [5.41, 5.74) is -0.548. The molecule has 1 aromatic heterocycles. The van der Waals surface area contributed by atoms with Crippen LogP contribution in [0.15, 0.2) is 36.7 Å². The second kappa shape index (κ2) is 5.05. The molecule has 2 N–H and O–H groups in total. The van der Waals surface area contributed by atoms with Gasteiger partial charge in [-0.05, 0) is 42.2 Å². The molecule has 0 radical (unpaired) electrons. The third-order valence-electron chi connectivity index (χ3n) is 3.46. The summed E-state index contributed by atoms with van der Waals surface area (Å²) in [6, 6.07) is 4.98. The van der Waals surface area contributed by atoms with E-state index in [0.717, 1.165) is 6.07 Å². The van der Waals surface area contributed by atoms with Gasteiger partial charge in [0.1, 0.15) is 0 Å². The first-order valence-corrected chi connectivity index (χ1v) is 8.18. The van der Waals surface area contributed by atoms with Crippen LogP contribution in [0.3, 0.4) is 0 Å². The molecule has 0 atom stereocenters. The third-order valence-corrected chi connectivity index (χ3v) is 5.33. The number of nitrogens with one attached hydrogen (secondary N) is 2. The van der Waals surface area contributed by atoms with Gasteiger partial charge in [-0.15, -0.1) is 0 Å². The Labute approximate surface area is 125 Å². The molecule has 0 saturated heterocycles. The van der Waals surface area contributed by atoms with Gasteiger partial charge in [-0.1, -0.05) is 6.07 Å². The number of aromatic nitrogens is 1. The van der Waals surface area contributed by atoms with Gasteiger partial charge >= 0.3 is 6.18 Å².